The molecule has 0 amide bonds. The Morgan fingerprint density at radius 1 is 1.09 bits per heavy atom. The molecule has 0 radical (unpaired) electrons. The van der Waals surface area contributed by atoms with E-state index in [4.69, 9.17) is 0 Å². The van der Waals surface area contributed by atoms with Crippen LogP contribution in [-0.4, -0.2) is 10.2 Å². The van der Waals surface area contributed by atoms with Gasteiger partial charge in [0.1, 0.15) is 0 Å². The third-order valence-corrected chi connectivity index (χ3v) is 3.86. The van der Waals surface area contributed by atoms with E-state index in [0.717, 1.165) is 22.3 Å². The lowest BCUT2D eigenvalue weighted by Gasteiger charge is -2.12. The van der Waals surface area contributed by atoms with Gasteiger partial charge in [0.05, 0.1) is 5.69 Å². The van der Waals surface area contributed by atoms with Gasteiger partial charge in [0.2, 0.25) is 0 Å². The summed E-state index contributed by atoms with van der Waals surface area (Å²) in [6.07, 6.45) is 0. The number of nitrogens with zero attached hydrogens (tertiary/aromatic N) is 2. The lowest BCUT2D eigenvalue weighted by atomic mass is 10.0. The van der Waals surface area contributed by atoms with E-state index >= 15 is 0 Å². The van der Waals surface area contributed by atoms with E-state index in [1.165, 1.54) is 6.92 Å². The molecule has 0 spiro atoms. The van der Waals surface area contributed by atoms with Crippen LogP contribution >= 0.6 is 0 Å². The Kier molecular flexibility index (Phi) is 3.59. The topological polar surface area (TPSA) is 50.9 Å². The Bertz CT molecular complexity index is 850. The van der Waals surface area contributed by atoms with Crippen molar-refractivity contribution in [2.45, 2.75) is 19.9 Å². The van der Waals surface area contributed by atoms with Crippen LogP contribution in [-0.2, 0) is 4.79 Å². The van der Waals surface area contributed by atoms with Gasteiger partial charge in [-0.05, 0) is 37.6 Å². The summed E-state index contributed by atoms with van der Waals surface area (Å²) in [6.45, 7) is 3.35. The SMILES string of the molecule is CC(=O)C(N=O)c1c(-c2ccccc2)cc2cccc(C)n12. The van der Waals surface area contributed by atoms with Gasteiger partial charge in [0, 0.05) is 16.8 Å². The molecule has 3 aromatic rings. The average Bonchev–Trinajstić information content (AvgIpc) is 2.89. The second kappa shape index (κ2) is 5.56. The van der Waals surface area contributed by atoms with Crippen molar-refractivity contribution in [3.63, 3.8) is 0 Å². The summed E-state index contributed by atoms with van der Waals surface area (Å²) in [5, 5.41) is 3.09. The zero-order chi connectivity index (χ0) is 15.7. The first-order valence-corrected chi connectivity index (χ1v) is 7.13. The first kappa shape index (κ1) is 14.2. The number of carbonyl (C=O) groups is 1. The number of nitroso groups, excluding NO2 is 1. The van der Waals surface area contributed by atoms with Crippen molar-refractivity contribution in [1.82, 2.24) is 4.40 Å². The van der Waals surface area contributed by atoms with Gasteiger partial charge in [-0.2, -0.15) is 0 Å². The molecule has 110 valence electrons. The molecule has 2 heterocycles. The molecule has 2 aromatic heterocycles. The van der Waals surface area contributed by atoms with Crippen molar-refractivity contribution in [2.75, 3.05) is 0 Å². The van der Waals surface area contributed by atoms with Crippen LogP contribution in [0.25, 0.3) is 16.6 Å². The fourth-order valence-electron chi connectivity index (χ4n) is 2.86. The average molecular weight is 292 g/mol. The Hall–Kier alpha value is -2.75. The van der Waals surface area contributed by atoms with E-state index in [-0.39, 0.29) is 5.78 Å². The lowest BCUT2D eigenvalue weighted by Crippen LogP contribution is -2.10. The highest BCUT2D eigenvalue weighted by Gasteiger charge is 2.26. The van der Waals surface area contributed by atoms with Gasteiger partial charge in [0.15, 0.2) is 11.8 Å². The number of fused-ring (bicyclic) bond motifs is 1. The van der Waals surface area contributed by atoms with E-state index in [2.05, 4.69) is 5.18 Å². The Morgan fingerprint density at radius 3 is 2.45 bits per heavy atom. The molecule has 0 saturated heterocycles. The van der Waals surface area contributed by atoms with Gasteiger partial charge in [-0.1, -0.05) is 41.6 Å². The van der Waals surface area contributed by atoms with Crippen LogP contribution in [0.3, 0.4) is 0 Å². The number of benzene rings is 1. The number of carbonyl (C=O) groups excluding carboxylic acids is 1. The van der Waals surface area contributed by atoms with E-state index in [9.17, 15) is 9.70 Å². The molecular formula is C18H16N2O2. The summed E-state index contributed by atoms with van der Waals surface area (Å²) in [4.78, 5) is 23.2. The standard InChI is InChI=1S/C18H16N2O2/c1-12-7-6-10-15-11-16(14-8-4-3-5-9-14)18(20(12)15)17(19-22)13(2)21/h3-11,17H,1-2H3. The van der Waals surface area contributed by atoms with E-state index < -0.39 is 6.04 Å². The maximum atomic E-state index is 11.9. The predicted octanol–water partition coefficient (Wildman–Crippen LogP) is 4.31. The van der Waals surface area contributed by atoms with Crippen molar-refractivity contribution >= 4 is 11.3 Å². The van der Waals surface area contributed by atoms with Crippen molar-refractivity contribution in [2.24, 2.45) is 5.18 Å². The molecular weight excluding hydrogens is 276 g/mol. The van der Waals surface area contributed by atoms with Crippen LogP contribution < -0.4 is 0 Å². The van der Waals surface area contributed by atoms with Gasteiger partial charge in [-0.3, -0.25) is 4.79 Å². The second-order valence-electron chi connectivity index (χ2n) is 5.36. The summed E-state index contributed by atoms with van der Waals surface area (Å²) in [5.74, 6) is -0.254. The van der Waals surface area contributed by atoms with E-state index in [1.807, 2.05) is 65.9 Å². The largest absolute Gasteiger partial charge is 0.315 e. The molecule has 22 heavy (non-hydrogen) atoms. The van der Waals surface area contributed by atoms with Crippen LogP contribution in [0.2, 0.25) is 0 Å². The number of aryl methyl sites for hydroxylation is 1. The third-order valence-electron chi connectivity index (χ3n) is 3.86. The molecule has 0 N–H and O–H groups in total. The zero-order valence-corrected chi connectivity index (χ0v) is 12.5. The summed E-state index contributed by atoms with van der Waals surface area (Å²) < 4.78 is 1.94. The molecule has 0 fully saturated rings. The zero-order valence-electron chi connectivity index (χ0n) is 12.5. The Morgan fingerprint density at radius 2 is 1.82 bits per heavy atom. The minimum absolute atomic E-state index is 0.254. The highest BCUT2D eigenvalue weighted by molar-refractivity contribution is 5.87. The predicted molar refractivity (Wildman–Crippen MR) is 86.8 cm³/mol. The molecule has 0 aliphatic rings. The minimum atomic E-state index is -1.00. The molecule has 3 rings (SSSR count). The summed E-state index contributed by atoms with van der Waals surface area (Å²) >= 11 is 0. The van der Waals surface area contributed by atoms with Crippen LogP contribution in [0.15, 0.2) is 59.8 Å². The summed E-state index contributed by atoms with van der Waals surface area (Å²) in [6, 6.07) is 16.6. The van der Waals surface area contributed by atoms with Gasteiger partial charge in [-0.25, -0.2) is 0 Å². The van der Waals surface area contributed by atoms with Gasteiger partial charge < -0.3 is 4.40 Å². The van der Waals surface area contributed by atoms with Crippen LogP contribution in [0, 0.1) is 11.8 Å². The van der Waals surface area contributed by atoms with Crippen molar-refractivity contribution in [1.29, 1.82) is 0 Å². The molecule has 4 nitrogen and oxygen atoms in total. The normalized spacial score (nSPS) is 12.3. The smallest absolute Gasteiger partial charge is 0.190 e. The monoisotopic (exact) mass is 292 g/mol. The molecule has 1 unspecified atom stereocenters. The first-order valence-electron chi connectivity index (χ1n) is 7.13. The number of hydrogen-bond donors (Lipinski definition) is 0. The highest BCUT2D eigenvalue weighted by Crippen LogP contribution is 2.34. The fourth-order valence-corrected chi connectivity index (χ4v) is 2.86. The van der Waals surface area contributed by atoms with Crippen LogP contribution in [0.4, 0.5) is 0 Å². The van der Waals surface area contributed by atoms with Gasteiger partial charge in [0.25, 0.3) is 0 Å². The van der Waals surface area contributed by atoms with Crippen molar-refractivity contribution < 1.29 is 4.79 Å². The van der Waals surface area contributed by atoms with E-state index in [0.29, 0.717) is 5.69 Å². The number of aromatic nitrogens is 1. The Labute approximate surface area is 128 Å². The quantitative estimate of drug-likeness (QED) is 0.673. The summed E-state index contributed by atoms with van der Waals surface area (Å²) in [7, 11) is 0. The molecule has 4 heteroatoms. The first-order chi connectivity index (χ1) is 10.6. The minimum Gasteiger partial charge on any atom is -0.315 e. The molecule has 0 aliphatic heterocycles. The number of hydrogen-bond acceptors (Lipinski definition) is 3. The molecule has 1 aromatic carbocycles. The number of Topliss-reactive ketones (excluding diaryl/α,β-unsaturated/α-hetero) is 1. The molecule has 0 saturated carbocycles. The maximum Gasteiger partial charge on any atom is 0.190 e. The fraction of sp³-hybridized carbons (Fsp3) is 0.167. The van der Waals surface area contributed by atoms with Gasteiger partial charge in [-0.15, -0.1) is 4.91 Å². The maximum absolute atomic E-state index is 11.9. The molecule has 1 atom stereocenters. The lowest BCUT2D eigenvalue weighted by molar-refractivity contribution is -0.118. The summed E-state index contributed by atoms with van der Waals surface area (Å²) in [5.41, 5.74) is 4.39. The number of pyridine rings is 1. The van der Waals surface area contributed by atoms with Crippen molar-refractivity contribution in [3.8, 4) is 11.1 Å². The van der Waals surface area contributed by atoms with Crippen LogP contribution in [0.1, 0.15) is 24.4 Å². The highest BCUT2D eigenvalue weighted by atomic mass is 16.3. The van der Waals surface area contributed by atoms with Gasteiger partial charge >= 0.3 is 0 Å². The third kappa shape index (κ3) is 2.22. The Balaban J connectivity index is 2.39. The molecule has 0 bridgehead atoms. The molecule has 0 aliphatic carbocycles. The van der Waals surface area contributed by atoms with E-state index in [1.54, 1.807) is 0 Å². The van der Waals surface area contributed by atoms with Crippen molar-refractivity contribution in [3.05, 3.63) is 70.9 Å². The number of ketones is 1. The number of rotatable bonds is 4. The second-order valence-corrected chi connectivity index (χ2v) is 5.36. The van der Waals surface area contributed by atoms with Crippen LogP contribution in [0.5, 0.6) is 0 Å².